The maximum absolute atomic E-state index is 11.4. The number of rotatable bonds is 7. The van der Waals surface area contributed by atoms with Crippen LogP contribution in [0.25, 0.3) is 0 Å². The molecule has 0 unspecified atom stereocenters. The van der Waals surface area contributed by atoms with Crippen LogP contribution >= 0.6 is 11.3 Å². The Kier molecular flexibility index (Phi) is 5.79. The van der Waals surface area contributed by atoms with E-state index in [2.05, 4.69) is 15.5 Å². The second kappa shape index (κ2) is 8.02. The lowest BCUT2D eigenvalue weighted by Gasteiger charge is -1.99. The number of aromatic hydroxyl groups is 1. The van der Waals surface area contributed by atoms with Gasteiger partial charge in [0.25, 0.3) is 0 Å². The van der Waals surface area contributed by atoms with E-state index in [1.54, 1.807) is 12.3 Å². The fraction of sp³-hybridized carbons (Fsp3) is 0.214. The minimum absolute atomic E-state index is 0.0708. The summed E-state index contributed by atoms with van der Waals surface area (Å²) in [4.78, 5) is 25.6. The molecular weight excluding hydrogens is 336 g/mol. The van der Waals surface area contributed by atoms with Crippen LogP contribution in [0.3, 0.4) is 0 Å². The van der Waals surface area contributed by atoms with Gasteiger partial charge in [-0.05, 0) is 13.0 Å². The molecular formula is C14H14N4O5S. The van der Waals surface area contributed by atoms with Gasteiger partial charge in [0.05, 0.1) is 29.9 Å². The number of nitro benzene ring substituents is 1. The van der Waals surface area contributed by atoms with E-state index in [0.717, 1.165) is 0 Å². The van der Waals surface area contributed by atoms with Crippen molar-refractivity contribution in [3.63, 3.8) is 0 Å². The van der Waals surface area contributed by atoms with Gasteiger partial charge >= 0.3 is 11.7 Å². The molecule has 2 N–H and O–H groups in total. The van der Waals surface area contributed by atoms with Crippen LogP contribution in [0.15, 0.2) is 28.7 Å². The largest absolute Gasteiger partial charge is 0.502 e. The fourth-order valence-electron chi connectivity index (χ4n) is 1.76. The molecule has 0 spiro atoms. The highest BCUT2D eigenvalue weighted by molar-refractivity contribution is 7.13. The van der Waals surface area contributed by atoms with E-state index in [9.17, 15) is 20.0 Å². The summed E-state index contributed by atoms with van der Waals surface area (Å²) in [7, 11) is 0. The summed E-state index contributed by atoms with van der Waals surface area (Å²) in [6.45, 7) is 2.04. The van der Waals surface area contributed by atoms with Crippen LogP contribution in [-0.4, -0.2) is 33.8 Å². The van der Waals surface area contributed by atoms with E-state index in [1.165, 1.54) is 35.8 Å². The zero-order chi connectivity index (χ0) is 17.5. The number of aromatic nitrogens is 1. The molecule has 0 saturated heterocycles. The summed E-state index contributed by atoms with van der Waals surface area (Å²) in [6.07, 6.45) is 1.32. The van der Waals surface area contributed by atoms with Crippen molar-refractivity contribution in [1.29, 1.82) is 0 Å². The van der Waals surface area contributed by atoms with E-state index in [1.807, 2.05) is 0 Å². The molecule has 2 aromatic rings. The summed E-state index contributed by atoms with van der Waals surface area (Å²) in [5, 5.41) is 26.5. The maximum atomic E-state index is 11.4. The van der Waals surface area contributed by atoms with Crippen molar-refractivity contribution in [3.8, 4) is 5.75 Å². The van der Waals surface area contributed by atoms with Gasteiger partial charge in [0.2, 0.25) is 10.9 Å². The Morgan fingerprint density at radius 1 is 1.58 bits per heavy atom. The lowest BCUT2D eigenvalue weighted by atomic mass is 10.2. The average Bonchev–Trinajstić information content (AvgIpc) is 2.96. The first-order chi connectivity index (χ1) is 11.5. The minimum atomic E-state index is -0.678. The standard InChI is InChI=1S/C14H14N4O5S/c1-2-23-12(19)6-10-8-24-14(16-10)17-15-7-9-4-3-5-11(13(9)20)18(21)22/h3-5,7-8,20H,2,6H2,1H3,(H,16,17). The predicted octanol–water partition coefficient (Wildman–Crippen LogP) is 2.31. The summed E-state index contributed by atoms with van der Waals surface area (Å²) in [5.74, 6) is -0.824. The Hall–Kier alpha value is -3.01. The van der Waals surface area contributed by atoms with Crippen LogP contribution in [0.4, 0.5) is 10.8 Å². The highest BCUT2D eigenvalue weighted by Crippen LogP contribution is 2.28. The molecule has 1 heterocycles. The molecule has 10 heteroatoms. The average molecular weight is 350 g/mol. The van der Waals surface area contributed by atoms with Gasteiger partial charge in [0, 0.05) is 17.0 Å². The number of hydrogen-bond donors (Lipinski definition) is 2. The summed E-state index contributed by atoms with van der Waals surface area (Å²) >= 11 is 1.24. The van der Waals surface area contributed by atoms with E-state index in [0.29, 0.717) is 17.4 Å². The highest BCUT2D eigenvalue weighted by atomic mass is 32.1. The number of ether oxygens (including phenoxy) is 1. The molecule has 0 saturated carbocycles. The highest BCUT2D eigenvalue weighted by Gasteiger charge is 2.15. The number of thiazole rings is 1. The minimum Gasteiger partial charge on any atom is -0.502 e. The van der Waals surface area contributed by atoms with Crippen LogP contribution in [-0.2, 0) is 16.0 Å². The number of benzene rings is 1. The zero-order valence-electron chi connectivity index (χ0n) is 12.6. The molecule has 0 aliphatic carbocycles. The number of phenolic OH excluding ortho intramolecular Hbond substituents is 1. The third-order valence-corrected chi connectivity index (χ3v) is 3.58. The van der Waals surface area contributed by atoms with Gasteiger partial charge in [-0.25, -0.2) is 4.98 Å². The number of nitrogens with zero attached hydrogens (tertiary/aromatic N) is 3. The van der Waals surface area contributed by atoms with Gasteiger partial charge in [-0.2, -0.15) is 5.10 Å². The van der Waals surface area contributed by atoms with Crippen molar-refractivity contribution in [1.82, 2.24) is 4.98 Å². The molecule has 2 rings (SSSR count). The van der Waals surface area contributed by atoms with Gasteiger partial charge < -0.3 is 9.84 Å². The SMILES string of the molecule is CCOC(=O)Cc1csc(NN=Cc2cccc([N+](=O)[O-])c2O)n1. The smallest absolute Gasteiger partial charge is 0.311 e. The number of anilines is 1. The van der Waals surface area contributed by atoms with Crippen LogP contribution in [0.2, 0.25) is 0 Å². The lowest BCUT2D eigenvalue weighted by Crippen LogP contribution is -2.07. The van der Waals surface area contributed by atoms with E-state index in [4.69, 9.17) is 4.74 Å². The van der Waals surface area contributed by atoms with Crippen LogP contribution < -0.4 is 5.43 Å². The molecule has 0 aliphatic heterocycles. The van der Waals surface area contributed by atoms with Gasteiger partial charge in [-0.15, -0.1) is 11.3 Å². The molecule has 0 aliphatic rings. The predicted molar refractivity (Wildman–Crippen MR) is 88.4 cm³/mol. The number of carbonyl (C=O) groups is 1. The molecule has 0 radical (unpaired) electrons. The number of nitro groups is 1. The topological polar surface area (TPSA) is 127 Å². The quantitative estimate of drug-likeness (QED) is 0.339. The normalized spacial score (nSPS) is 10.7. The third-order valence-electron chi connectivity index (χ3n) is 2.79. The molecule has 24 heavy (non-hydrogen) atoms. The molecule has 126 valence electrons. The number of carbonyl (C=O) groups excluding carboxylic acids is 1. The number of phenols is 1. The summed E-state index contributed by atoms with van der Waals surface area (Å²) in [5.41, 5.74) is 2.99. The Bertz CT molecular complexity index is 774. The number of hydrazone groups is 1. The van der Waals surface area contributed by atoms with Crippen molar-refractivity contribution < 1.29 is 19.6 Å². The Morgan fingerprint density at radius 2 is 2.38 bits per heavy atom. The van der Waals surface area contributed by atoms with Gasteiger partial charge in [0.15, 0.2) is 0 Å². The molecule has 1 aromatic carbocycles. The molecule has 9 nitrogen and oxygen atoms in total. The number of para-hydroxylation sites is 1. The molecule has 0 amide bonds. The Morgan fingerprint density at radius 3 is 3.08 bits per heavy atom. The van der Waals surface area contributed by atoms with E-state index >= 15 is 0 Å². The third kappa shape index (κ3) is 4.49. The fourth-order valence-corrected chi connectivity index (χ4v) is 2.42. The van der Waals surface area contributed by atoms with Crippen LogP contribution in [0.1, 0.15) is 18.2 Å². The Labute approximate surface area is 140 Å². The molecule has 0 fully saturated rings. The lowest BCUT2D eigenvalue weighted by molar-refractivity contribution is -0.385. The van der Waals surface area contributed by atoms with Crippen LogP contribution in [0, 0.1) is 10.1 Å². The molecule has 0 atom stereocenters. The molecule has 0 bridgehead atoms. The van der Waals surface area contributed by atoms with Crippen molar-refractivity contribution >= 4 is 34.3 Å². The zero-order valence-corrected chi connectivity index (χ0v) is 13.4. The molecule has 1 aromatic heterocycles. The second-order valence-corrected chi connectivity index (χ2v) is 5.33. The first kappa shape index (κ1) is 17.3. The first-order valence-electron chi connectivity index (χ1n) is 6.86. The van der Waals surface area contributed by atoms with Gasteiger partial charge in [-0.3, -0.25) is 20.3 Å². The first-order valence-corrected chi connectivity index (χ1v) is 7.74. The maximum Gasteiger partial charge on any atom is 0.311 e. The Balaban J connectivity index is 2.00. The van der Waals surface area contributed by atoms with Crippen molar-refractivity contribution in [2.45, 2.75) is 13.3 Å². The van der Waals surface area contributed by atoms with Crippen molar-refractivity contribution in [3.05, 3.63) is 45.0 Å². The number of hydrogen-bond acceptors (Lipinski definition) is 9. The summed E-state index contributed by atoms with van der Waals surface area (Å²) in [6, 6.07) is 4.13. The van der Waals surface area contributed by atoms with Gasteiger partial charge in [-0.1, -0.05) is 6.07 Å². The second-order valence-electron chi connectivity index (χ2n) is 4.47. The summed E-state index contributed by atoms with van der Waals surface area (Å²) < 4.78 is 4.83. The van der Waals surface area contributed by atoms with E-state index in [-0.39, 0.29) is 18.0 Å². The van der Waals surface area contributed by atoms with Crippen LogP contribution in [0.5, 0.6) is 5.75 Å². The number of nitrogens with one attached hydrogen (secondary N) is 1. The van der Waals surface area contributed by atoms with E-state index < -0.39 is 16.4 Å². The number of esters is 1. The van der Waals surface area contributed by atoms with Crippen molar-refractivity contribution in [2.24, 2.45) is 5.10 Å². The van der Waals surface area contributed by atoms with Crippen molar-refractivity contribution in [2.75, 3.05) is 12.0 Å². The monoisotopic (exact) mass is 350 g/mol. The van der Waals surface area contributed by atoms with Gasteiger partial charge in [0.1, 0.15) is 0 Å².